The molecule has 0 bridgehead atoms. The number of hydrogen-bond donors (Lipinski definition) is 0. The fraction of sp³-hybridized carbons (Fsp3) is 0.286. The molecule has 11 heteroatoms. The predicted molar refractivity (Wildman–Crippen MR) is 87.5 cm³/mol. The molecule has 0 spiro atoms. The number of aromatic nitrogens is 2. The average Bonchev–Trinajstić information content (AvgIpc) is 3.00. The van der Waals surface area contributed by atoms with Crippen LogP contribution in [0.1, 0.15) is 23.1 Å². The first-order valence-electron chi connectivity index (χ1n) is 6.76. The zero-order valence-corrected chi connectivity index (χ0v) is 14.7. The molecule has 2 aromatic rings. The van der Waals surface area contributed by atoms with Crippen LogP contribution in [-0.2, 0) is 11.0 Å². The molecule has 0 saturated carbocycles. The van der Waals surface area contributed by atoms with Gasteiger partial charge in [-0.1, -0.05) is 29.1 Å². The van der Waals surface area contributed by atoms with E-state index in [1.165, 1.54) is 36.5 Å². The molecule has 1 aromatic carbocycles. The molecule has 0 saturated heterocycles. The number of ketones is 1. The molecule has 0 aliphatic carbocycles. The first-order valence-corrected chi connectivity index (χ1v) is 8.52. The third kappa shape index (κ3) is 5.23. The van der Waals surface area contributed by atoms with Crippen LogP contribution in [0.3, 0.4) is 0 Å². The molecule has 1 heterocycles. The monoisotopic (exact) mass is 391 g/mol. The van der Waals surface area contributed by atoms with Crippen LogP contribution in [0.4, 0.5) is 18.9 Å². The Morgan fingerprint density at radius 3 is 2.60 bits per heavy atom. The predicted octanol–water partition coefficient (Wildman–Crippen LogP) is 3.69. The number of benzene rings is 1. The van der Waals surface area contributed by atoms with E-state index in [0.717, 1.165) is 29.8 Å². The molecule has 2 rings (SSSR count). The van der Waals surface area contributed by atoms with Gasteiger partial charge < -0.3 is 8.83 Å². The lowest BCUT2D eigenvalue weighted by Gasteiger charge is -2.20. The zero-order chi connectivity index (χ0) is 18.6. The molecule has 25 heavy (non-hydrogen) atoms. The van der Waals surface area contributed by atoms with Crippen molar-refractivity contribution in [3.8, 4) is 0 Å². The minimum absolute atomic E-state index is 0.0850. The van der Waals surface area contributed by atoms with E-state index < -0.39 is 17.5 Å². The summed E-state index contributed by atoms with van der Waals surface area (Å²) < 4.78 is 45.2. The quantitative estimate of drug-likeness (QED) is 0.545. The molecule has 0 amide bonds. The smallest absolute Gasteiger partial charge is 0.325 e. The van der Waals surface area contributed by atoms with Gasteiger partial charge >= 0.3 is 11.4 Å². The number of Topliss-reactive ketones (excluding diaryl/α,β-unsaturated/α-hetero) is 1. The number of anilines is 1. The summed E-state index contributed by atoms with van der Waals surface area (Å²) in [4.78, 5) is 26.5. The normalized spacial score (nSPS) is 11.4. The lowest BCUT2D eigenvalue weighted by Crippen LogP contribution is -2.14. The second-order valence-electron chi connectivity index (χ2n) is 4.69. The van der Waals surface area contributed by atoms with Crippen molar-refractivity contribution in [2.24, 2.45) is 0 Å². The summed E-state index contributed by atoms with van der Waals surface area (Å²) in [5.74, 6) is -0.867. The number of halogens is 3. The molecule has 0 aliphatic heterocycles. The van der Waals surface area contributed by atoms with E-state index >= 15 is 0 Å². The van der Waals surface area contributed by atoms with Gasteiger partial charge in [0.1, 0.15) is 0 Å². The standard InChI is InChI=1S/C14H12F3N3O3S2/c1-8(21)24-7-11(22)12-18-13(23-19-12)25-20(2)10-6-4-3-5-9(10)14(15,16)17/h3-6H,7H2,1-2H3. The molecule has 1 aromatic heterocycles. The largest absolute Gasteiger partial charge is 0.418 e. The first-order chi connectivity index (χ1) is 11.7. The fourth-order valence-electron chi connectivity index (χ4n) is 1.75. The van der Waals surface area contributed by atoms with Crippen molar-refractivity contribution >= 4 is 40.3 Å². The Morgan fingerprint density at radius 1 is 1.28 bits per heavy atom. The second-order valence-corrected chi connectivity index (χ2v) is 6.92. The van der Waals surface area contributed by atoms with Crippen LogP contribution < -0.4 is 4.31 Å². The number of para-hydroxylation sites is 1. The molecular weight excluding hydrogens is 379 g/mol. The minimum Gasteiger partial charge on any atom is -0.325 e. The van der Waals surface area contributed by atoms with Gasteiger partial charge in [-0.25, -0.2) is 0 Å². The van der Waals surface area contributed by atoms with Crippen LogP contribution >= 0.6 is 23.7 Å². The summed E-state index contributed by atoms with van der Waals surface area (Å²) >= 11 is 1.56. The molecule has 0 N–H and O–H groups in total. The molecule has 134 valence electrons. The molecule has 6 nitrogen and oxygen atoms in total. The third-order valence-corrected chi connectivity index (χ3v) is 4.43. The van der Waals surface area contributed by atoms with Gasteiger partial charge in [0, 0.05) is 14.0 Å². The van der Waals surface area contributed by atoms with E-state index in [4.69, 9.17) is 4.52 Å². The summed E-state index contributed by atoms with van der Waals surface area (Å²) in [6.07, 6.45) is -4.51. The minimum atomic E-state index is -4.51. The maximum Gasteiger partial charge on any atom is 0.418 e. The summed E-state index contributed by atoms with van der Waals surface area (Å²) in [6.45, 7) is 1.32. The highest BCUT2D eigenvalue weighted by Gasteiger charge is 2.34. The lowest BCUT2D eigenvalue weighted by molar-refractivity contribution is -0.137. The molecule has 0 unspecified atom stereocenters. The van der Waals surface area contributed by atoms with Gasteiger partial charge in [0.15, 0.2) is 5.12 Å². The number of rotatable bonds is 6. The second kappa shape index (κ2) is 7.91. The SMILES string of the molecule is CC(=O)SCC(=O)c1noc(SN(C)c2ccccc2C(F)(F)F)n1. The topological polar surface area (TPSA) is 76.3 Å². The summed E-state index contributed by atoms with van der Waals surface area (Å²) in [5.41, 5.74) is -0.892. The van der Waals surface area contributed by atoms with E-state index in [1.54, 1.807) is 0 Å². The van der Waals surface area contributed by atoms with Crippen LogP contribution in [0.2, 0.25) is 0 Å². The molecule has 0 aliphatic rings. The van der Waals surface area contributed by atoms with Gasteiger partial charge in [-0.05, 0) is 12.1 Å². The van der Waals surface area contributed by atoms with Crippen LogP contribution in [-0.4, -0.2) is 33.8 Å². The van der Waals surface area contributed by atoms with Crippen molar-refractivity contribution in [3.05, 3.63) is 35.7 Å². The molecule has 0 fully saturated rings. The third-order valence-electron chi connectivity index (χ3n) is 2.83. The summed E-state index contributed by atoms with van der Waals surface area (Å²) in [5, 5.41) is 3.17. The first kappa shape index (κ1) is 19.3. The van der Waals surface area contributed by atoms with Crippen molar-refractivity contribution in [2.45, 2.75) is 18.3 Å². The maximum atomic E-state index is 13.0. The van der Waals surface area contributed by atoms with Crippen LogP contribution in [0, 0.1) is 0 Å². The maximum absolute atomic E-state index is 13.0. The number of carbonyl (C=O) groups excluding carboxylic acids is 2. The van der Waals surface area contributed by atoms with Gasteiger partial charge in [-0.15, -0.1) is 0 Å². The number of thioether (sulfide) groups is 1. The van der Waals surface area contributed by atoms with Crippen molar-refractivity contribution in [2.75, 3.05) is 17.1 Å². The zero-order valence-electron chi connectivity index (χ0n) is 13.0. The number of hydrogen-bond acceptors (Lipinski definition) is 8. The number of alkyl halides is 3. The van der Waals surface area contributed by atoms with Gasteiger partial charge in [-0.2, -0.15) is 18.2 Å². The van der Waals surface area contributed by atoms with E-state index in [2.05, 4.69) is 10.1 Å². The van der Waals surface area contributed by atoms with Crippen molar-refractivity contribution in [3.63, 3.8) is 0 Å². The highest BCUT2D eigenvalue weighted by Crippen LogP contribution is 2.38. The Hall–Kier alpha value is -2.01. The Kier molecular flexibility index (Phi) is 6.11. The van der Waals surface area contributed by atoms with E-state index in [1.807, 2.05) is 0 Å². The van der Waals surface area contributed by atoms with Crippen LogP contribution in [0.15, 0.2) is 34.0 Å². The van der Waals surface area contributed by atoms with Crippen molar-refractivity contribution in [1.82, 2.24) is 10.1 Å². The summed E-state index contributed by atoms with van der Waals surface area (Å²) in [7, 11) is 1.41. The Labute approximate surface area is 149 Å². The number of carbonyl (C=O) groups is 2. The van der Waals surface area contributed by atoms with E-state index in [-0.39, 0.29) is 27.6 Å². The van der Waals surface area contributed by atoms with Gasteiger partial charge in [-0.3, -0.25) is 9.59 Å². The number of nitrogens with zero attached hydrogens (tertiary/aromatic N) is 3. The average molecular weight is 391 g/mol. The highest BCUT2D eigenvalue weighted by molar-refractivity contribution is 8.14. The fourth-order valence-corrected chi connectivity index (χ4v) is 2.90. The molecular formula is C14H12F3N3O3S2. The van der Waals surface area contributed by atoms with Crippen molar-refractivity contribution in [1.29, 1.82) is 0 Å². The Morgan fingerprint density at radius 2 is 1.96 bits per heavy atom. The van der Waals surface area contributed by atoms with Gasteiger partial charge in [0.2, 0.25) is 11.6 Å². The van der Waals surface area contributed by atoms with Gasteiger partial charge in [0.05, 0.1) is 29.0 Å². The van der Waals surface area contributed by atoms with E-state index in [0.29, 0.717) is 0 Å². The van der Waals surface area contributed by atoms with Crippen molar-refractivity contribution < 1.29 is 27.3 Å². The molecule has 0 atom stereocenters. The van der Waals surface area contributed by atoms with E-state index in [9.17, 15) is 22.8 Å². The lowest BCUT2D eigenvalue weighted by atomic mass is 10.2. The Balaban J connectivity index is 2.11. The highest BCUT2D eigenvalue weighted by atomic mass is 32.2. The van der Waals surface area contributed by atoms with Crippen LogP contribution in [0.25, 0.3) is 0 Å². The van der Waals surface area contributed by atoms with Gasteiger partial charge in [0.25, 0.3) is 0 Å². The Bertz CT molecular complexity index is 780. The summed E-state index contributed by atoms with van der Waals surface area (Å²) in [6, 6.07) is 5.04. The molecule has 0 radical (unpaired) electrons. The van der Waals surface area contributed by atoms with Crippen LogP contribution in [0.5, 0.6) is 0 Å².